The first kappa shape index (κ1) is 16.3. The van der Waals surface area contributed by atoms with Crippen molar-refractivity contribution >= 4 is 7.12 Å². The molecule has 1 aromatic carbocycles. The Balaban J connectivity index is 2.11. The minimum atomic E-state index is -0.260. The van der Waals surface area contributed by atoms with Gasteiger partial charge in [0.15, 0.2) is 0 Å². The Kier molecular flexibility index (Phi) is 4.65. The molecule has 0 spiro atoms. The van der Waals surface area contributed by atoms with Gasteiger partial charge in [-0.25, -0.2) is 0 Å². The topological polar surface area (TPSA) is 18.5 Å². The van der Waals surface area contributed by atoms with E-state index in [9.17, 15) is 0 Å². The fourth-order valence-corrected chi connectivity index (χ4v) is 2.70. The molecule has 1 fully saturated rings. The van der Waals surface area contributed by atoms with Gasteiger partial charge in [0.2, 0.25) is 0 Å². The molecule has 1 aliphatic heterocycles. The van der Waals surface area contributed by atoms with E-state index in [0.717, 1.165) is 12.7 Å². The maximum Gasteiger partial charge on any atom is 0.458 e. The molecule has 3 heteroatoms. The van der Waals surface area contributed by atoms with Crippen LogP contribution in [-0.4, -0.2) is 18.3 Å². The van der Waals surface area contributed by atoms with Gasteiger partial charge in [-0.05, 0) is 58.8 Å². The van der Waals surface area contributed by atoms with E-state index in [4.69, 9.17) is 9.31 Å². The van der Waals surface area contributed by atoms with Crippen LogP contribution in [0.1, 0.15) is 51.2 Å². The van der Waals surface area contributed by atoms with Crippen LogP contribution in [-0.2, 0) is 9.31 Å². The van der Waals surface area contributed by atoms with Crippen molar-refractivity contribution in [1.82, 2.24) is 0 Å². The van der Waals surface area contributed by atoms with Crippen molar-refractivity contribution in [1.29, 1.82) is 0 Å². The number of rotatable bonds is 5. The molecule has 2 rings (SSSR count). The first-order valence-corrected chi connectivity index (χ1v) is 7.78. The Morgan fingerprint density at radius 2 is 1.62 bits per heavy atom. The van der Waals surface area contributed by atoms with Gasteiger partial charge in [0.1, 0.15) is 0 Å². The third-order valence-electron chi connectivity index (χ3n) is 4.78. The Labute approximate surface area is 129 Å². The van der Waals surface area contributed by atoms with Gasteiger partial charge in [0, 0.05) is 0 Å². The van der Waals surface area contributed by atoms with Crippen LogP contribution in [0.25, 0.3) is 0 Å². The monoisotopic (exact) mass is 286 g/mol. The summed E-state index contributed by atoms with van der Waals surface area (Å²) in [4.78, 5) is 0. The van der Waals surface area contributed by atoms with Crippen LogP contribution in [0.2, 0.25) is 6.32 Å². The van der Waals surface area contributed by atoms with Gasteiger partial charge in [-0.15, -0.1) is 6.58 Å². The van der Waals surface area contributed by atoms with E-state index in [2.05, 4.69) is 65.5 Å². The molecule has 1 aliphatic rings. The summed E-state index contributed by atoms with van der Waals surface area (Å²) in [6.07, 6.45) is 3.78. The number of hydrogen-bond donors (Lipinski definition) is 0. The number of aryl methyl sites for hydroxylation is 1. The molecule has 1 atom stereocenters. The molecule has 0 aliphatic carbocycles. The standard InChI is InChI=1S/C18H27BO2/c1-7-8-16(15-11-9-14(2)10-12-15)13-19-20-17(3,4)18(5,6)21-19/h7,9-12,16H,1,8,13H2,2-6H3/t16-/m0/s1. The number of allylic oxidation sites excluding steroid dienone is 1. The van der Waals surface area contributed by atoms with E-state index < -0.39 is 0 Å². The van der Waals surface area contributed by atoms with E-state index in [1.54, 1.807) is 0 Å². The predicted octanol–water partition coefficient (Wildman–Crippen LogP) is 4.75. The fraction of sp³-hybridized carbons (Fsp3) is 0.556. The lowest BCUT2D eigenvalue weighted by atomic mass is 9.73. The quantitative estimate of drug-likeness (QED) is 0.574. The van der Waals surface area contributed by atoms with E-state index in [0.29, 0.717) is 5.92 Å². The second kappa shape index (κ2) is 5.98. The molecule has 21 heavy (non-hydrogen) atoms. The average molecular weight is 286 g/mol. The number of benzene rings is 1. The summed E-state index contributed by atoms with van der Waals surface area (Å²) in [5.74, 6) is 0.387. The molecule has 0 amide bonds. The van der Waals surface area contributed by atoms with Crippen LogP contribution in [0.3, 0.4) is 0 Å². The molecule has 2 nitrogen and oxygen atoms in total. The van der Waals surface area contributed by atoms with Gasteiger partial charge < -0.3 is 9.31 Å². The molecule has 1 aromatic rings. The van der Waals surface area contributed by atoms with Crippen LogP contribution in [0.5, 0.6) is 0 Å². The first-order chi connectivity index (χ1) is 9.75. The Bertz CT molecular complexity index is 474. The van der Waals surface area contributed by atoms with Crippen molar-refractivity contribution < 1.29 is 9.31 Å². The highest BCUT2D eigenvalue weighted by Gasteiger charge is 2.51. The van der Waals surface area contributed by atoms with Gasteiger partial charge in [0.25, 0.3) is 0 Å². The highest BCUT2D eigenvalue weighted by Crippen LogP contribution is 2.40. The summed E-state index contributed by atoms with van der Waals surface area (Å²) in [5, 5.41) is 0. The average Bonchev–Trinajstić information content (AvgIpc) is 2.58. The molecular formula is C18H27BO2. The molecule has 0 N–H and O–H groups in total. The minimum Gasteiger partial charge on any atom is -0.403 e. The zero-order valence-electron chi connectivity index (χ0n) is 14.0. The molecule has 0 unspecified atom stereocenters. The largest absolute Gasteiger partial charge is 0.458 e. The van der Waals surface area contributed by atoms with Crippen molar-refractivity contribution in [2.45, 2.75) is 64.5 Å². The normalized spacial score (nSPS) is 21.3. The van der Waals surface area contributed by atoms with Crippen LogP contribution in [0, 0.1) is 6.92 Å². The Morgan fingerprint density at radius 1 is 1.10 bits per heavy atom. The van der Waals surface area contributed by atoms with Gasteiger partial charge in [0.05, 0.1) is 11.2 Å². The molecule has 0 bridgehead atoms. The van der Waals surface area contributed by atoms with E-state index in [1.807, 2.05) is 6.08 Å². The smallest absolute Gasteiger partial charge is 0.403 e. The third-order valence-corrected chi connectivity index (χ3v) is 4.78. The SMILES string of the molecule is C=CC[C@@H](CB1OC(C)(C)C(C)(C)O1)c1ccc(C)cc1. The van der Waals surface area contributed by atoms with Crippen molar-refractivity contribution in [2.75, 3.05) is 0 Å². The second-order valence-corrected chi connectivity index (χ2v) is 7.05. The minimum absolute atomic E-state index is 0.152. The van der Waals surface area contributed by atoms with Crippen LogP contribution >= 0.6 is 0 Å². The van der Waals surface area contributed by atoms with Crippen molar-refractivity contribution in [3.8, 4) is 0 Å². The van der Waals surface area contributed by atoms with Gasteiger partial charge >= 0.3 is 7.12 Å². The lowest BCUT2D eigenvalue weighted by molar-refractivity contribution is 0.00578. The van der Waals surface area contributed by atoms with Gasteiger partial charge in [-0.3, -0.25) is 0 Å². The number of hydrogen-bond acceptors (Lipinski definition) is 2. The molecule has 1 heterocycles. The van der Waals surface area contributed by atoms with Crippen molar-refractivity contribution in [3.63, 3.8) is 0 Å². The van der Waals surface area contributed by atoms with Crippen LogP contribution in [0.15, 0.2) is 36.9 Å². The summed E-state index contributed by atoms with van der Waals surface area (Å²) < 4.78 is 12.3. The zero-order chi connectivity index (χ0) is 15.7. The van der Waals surface area contributed by atoms with Crippen LogP contribution < -0.4 is 0 Å². The Morgan fingerprint density at radius 3 is 2.10 bits per heavy atom. The summed E-state index contributed by atoms with van der Waals surface area (Å²) in [7, 11) is -0.152. The maximum absolute atomic E-state index is 6.13. The van der Waals surface area contributed by atoms with Gasteiger partial charge in [-0.1, -0.05) is 35.9 Å². The van der Waals surface area contributed by atoms with E-state index in [1.165, 1.54) is 11.1 Å². The molecule has 0 aromatic heterocycles. The highest BCUT2D eigenvalue weighted by atomic mass is 16.7. The maximum atomic E-state index is 6.13. The fourth-order valence-electron chi connectivity index (χ4n) is 2.70. The Hall–Kier alpha value is -1.06. The summed E-state index contributed by atoms with van der Waals surface area (Å²) in [5.41, 5.74) is 2.09. The first-order valence-electron chi connectivity index (χ1n) is 7.78. The lowest BCUT2D eigenvalue weighted by Crippen LogP contribution is -2.41. The summed E-state index contributed by atoms with van der Waals surface area (Å²) in [6.45, 7) is 14.4. The van der Waals surface area contributed by atoms with Gasteiger partial charge in [-0.2, -0.15) is 0 Å². The third kappa shape index (κ3) is 3.59. The van der Waals surface area contributed by atoms with Crippen LogP contribution in [0.4, 0.5) is 0 Å². The zero-order valence-corrected chi connectivity index (χ0v) is 14.0. The van der Waals surface area contributed by atoms with E-state index in [-0.39, 0.29) is 18.3 Å². The molecule has 0 radical (unpaired) electrons. The predicted molar refractivity (Wildman–Crippen MR) is 89.6 cm³/mol. The van der Waals surface area contributed by atoms with Crippen molar-refractivity contribution in [3.05, 3.63) is 48.0 Å². The molecular weight excluding hydrogens is 259 g/mol. The molecule has 1 saturated heterocycles. The van der Waals surface area contributed by atoms with Crippen molar-refractivity contribution in [2.24, 2.45) is 0 Å². The molecule has 114 valence electrons. The molecule has 0 saturated carbocycles. The highest BCUT2D eigenvalue weighted by molar-refractivity contribution is 6.45. The van der Waals surface area contributed by atoms with E-state index >= 15 is 0 Å². The second-order valence-electron chi connectivity index (χ2n) is 7.05. The summed E-state index contributed by atoms with van der Waals surface area (Å²) >= 11 is 0. The summed E-state index contributed by atoms with van der Waals surface area (Å²) in [6, 6.07) is 8.73. The lowest BCUT2D eigenvalue weighted by Gasteiger charge is -2.32.